The van der Waals surface area contributed by atoms with Crippen molar-refractivity contribution in [3.63, 3.8) is 0 Å². The number of rotatable bonds is 1. The van der Waals surface area contributed by atoms with E-state index >= 15 is 0 Å². The molecule has 2 heterocycles. The number of nitrogens with zero attached hydrogens (tertiary/aromatic N) is 1. The van der Waals surface area contributed by atoms with Crippen LogP contribution in [0.2, 0.25) is 10.0 Å². The molecule has 0 radical (unpaired) electrons. The number of benzene rings is 1. The van der Waals surface area contributed by atoms with Crippen molar-refractivity contribution in [2.45, 2.75) is 0 Å². The summed E-state index contributed by atoms with van der Waals surface area (Å²) in [7, 11) is 0. The molecule has 0 saturated heterocycles. The lowest BCUT2D eigenvalue weighted by Crippen LogP contribution is -1.73. The number of fused-ring (bicyclic) bond motifs is 1. The average Bonchev–Trinajstić information content (AvgIpc) is 2.86. The third kappa shape index (κ3) is 1.61. The van der Waals surface area contributed by atoms with Crippen LogP contribution in [-0.4, -0.2) is 9.97 Å². The largest absolute Gasteiger partial charge is 0.338 e. The van der Waals surface area contributed by atoms with Crippen LogP contribution in [0.1, 0.15) is 0 Å². The number of hydrogen-bond acceptors (Lipinski definition) is 2. The van der Waals surface area contributed by atoms with Crippen LogP contribution in [0.15, 0.2) is 29.0 Å². The summed E-state index contributed by atoms with van der Waals surface area (Å²) < 4.78 is 0. The molecule has 0 fully saturated rings. The molecule has 3 aromatic rings. The fourth-order valence-corrected chi connectivity index (χ4v) is 2.50. The van der Waals surface area contributed by atoms with Crippen molar-refractivity contribution in [1.82, 2.24) is 9.97 Å². The van der Waals surface area contributed by atoms with Crippen molar-refractivity contribution in [3.8, 4) is 11.4 Å². The molecule has 2 nitrogen and oxygen atoms in total. The van der Waals surface area contributed by atoms with Crippen molar-refractivity contribution in [2.24, 2.45) is 0 Å². The molecule has 1 N–H and O–H groups in total. The Morgan fingerprint density at radius 1 is 1.19 bits per heavy atom. The minimum absolute atomic E-state index is 0.525. The van der Waals surface area contributed by atoms with Gasteiger partial charge in [-0.2, -0.15) is 11.3 Å². The van der Waals surface area contributed by atoms with Gasteiger partial charge in [0, 0.05) is 10.9 Å². The van der Waals surface area contributed by atoms with Gasteiger partial charge in [0.1, 0.15) is 5.82 Å². The van der Waals surface area contributed by atoms with Crippen molar-refractivity contribution < 1.29 is 0 Å². The minimum atomic E-state index is 0.525. The minimum Gasteiger partial charge on any atom is -0.338 e. The van der Waals surface area contributed by atoms with E-state index in [1.807, 2.05) is 16.8 Å². The van der Waals surface area contributed by atoms with Gasteiger partial charge >= 0.3 is 0 Å². The maximum absolute atomic E-state index is 5.94. The highest BCUT2D eigenvalue weighted by atomic mass is 35.5. The van der Waals surface area contributed by atoms with E-state index in [2.05, 4.69) is 9.97 Å². The van der Waals surface area contributed by atoms with Crippen LogP contribution < -0.4 is 0 Å². The third-order valence-electron chi connectivity index (χ3n) is 2.32. The average molecular weight is 269 g/mol. The molecule has 5 heteroatoms. The predicted octanol–water partition coefficient (Wildman–Crippen LogP) is 4.60. The highest BCUT2D eigenvalue weighted by Gasteiger charge is 2.08. The SMILES string of the molecule is Clc1cc2nc(-c3ccsc3)[nH]c2cc1Cl. The van der Waals surface area contributed by atoms with E-state index in [0.717, 1.165) is 22.4 Å². The molecule has 0 spiro atoms. The van der Waals surface area contributed by atoms with Crippen molar-refractivity contribution in [3.05, 3.63) is 39.0 Å². The molecule has 0 unspecified atom stereocenters. The summed E-state index contributed by atoms with van der Waals surface area (Å²) in [5, 5.41) is 5.12. The maximum Gasteiger partial charge on any atom is 0.139 e. The van der Waals surface area contributed by atoms with Crippen molar-refractivity contribution >= 4 is 45.6 Å². The molecule has 0 amide bonds. The van der Waals surface area contributed by atoms with Crippen molar-refractivity contribution in [1.29, 1.82) is 0 Å². The number of aromatic nitrogens is 2. The van der Waals surface area contributed by atoms with Crippen LogP contribution in [-0.2, 0) is 0 Å². The summed E-state index contributed by atoms with van der Waals surface area (Å²) in [6.45, 7) is 0. The first kappa shape index (κ1) is 10.1. The Balaban J connectivity index is 2.23. The zero-order valence-corrected chi connectivity index (χ0v) is 10.3. The summed E-state index contributed by atoms with van der Waals surface area (Å²) in [4.78, 5) is 7.68. The summed E-state index contributed by atoms with van der Waals surface area (Å²) in [5.41, 5.74) is 2.81. The Labute approximate surface area is 106 Å². The van der Waals surface area contributed by atoms with Gasteiger partial charge in [0.05, 0.1) is 21.1 Å². The number of hydrogen-bond donors (Lipinski definition) is 1. The van der Waals surface area contributed by atoms with Crippen LogP contribution in [0.25, 0.3) is 22.4 Å². The molecule has 0 aliphatic rings. The van der Waals surface area contributed by atoms with E-state index in [-0.39, 0.29) is 0 Å². The number of halogens is 2. The molecule has 80 valence electrons. The highest BCUT2D eigenvalue weighted by molar-refractivity contribution is 7.08. The van der Waals surface area contributed by atoms with E-state index < -0.39 is 0 Å². The van der Waals surface area contributed by atoms with Gasteiger partial charge in [-0.1, -0.05) is 23.2 Å². The molecule has 16 heavy (non-hydrogen) atoms. The first-order chi connectivity index (χ1) is 7.74. The molecular formula is C11H6Cl2N2S. The van der Waals surface area contributed by atoms with Gasteiger partial charge in [-0.05, 0) is 23.6 Å². The molecule has 1 aromatic carbocycles. The smallest absolute Gasteiger partial charge is 0.139 e. The fraction of sp³-hybridized carbons (Fsp3) is 0. The lowest BCUT2D eigenvalue weighted by Gasteiger charge is -1.93. The Hall–Kier alpha value is -1.03. The van der Waals surface area contributed by atoms with Crippen LogP contribution in [0.3, 0.4) is 0 Å². The van der Waals surface area contributed by atoms with Gasteiger partial charge < -0.3 is 4.98 Å². The topological polar surface area (TPSA) is 28.7 Å². The Morgan fingerprint density at radius 3 is 2.75 bits per heavy atom. The number of thiophene rings is 1. The third-order valence-corrected chi connectivity index (χ3v) is 3.72. The Kier molecular flexibility index (Phi) is 2.39. The Morgan fingerprint density at radius 2 is 2.00 bits per heavy atom. The zero-order valence-electron chi connectivity index (χ0n) is 8.00. The molecule has 0 saturated carbocycles. The number of imidazole rings is 1. The van der Waals surface area contributed by atoms with Gasteiger partial charge in [0.15, 0.2) is 0 Å². The fourth-order valence-electron chi connectivity index (χ4n) is 1.54. The maximum atomic E-state index is 5.94. The standard InChI is InChI=1S/C11H6Cl2N2S/c12-7-3-9-10(4-8(7)13)15-11(14-9)6-1-2-16-5-6/h1-5H,(H,14,15). The second kappa shape index (κ2) is 3.77. The normalized spacial score (nSPS) is 11.1. The molecule has 0 aliphatic heterocycles. The monoisotopic (exact) mass is 268 g/mol. The number of H-pyrrole nitrogens is 1. The van der Waals surface area contributed by atoms with E-state index in [1.165, 1.54) is 0 Å². The van der Waals surface area contributed by atoms with Gasteiger partial charge in [-0.15, -0.1) is 0 Å². The van der Waals surface area contributed by atoms with Gasteiger partial charge in [0.2, 0.25) is 0 Å². The summed E-state index contributed by atoms with van der Waals surface area (Å²) in [5.74, 6) is 0.842. The van der Waals surface area contributed by atoms with Crippen LogP contribution in [0.5, 0.6) is 0 Å². The van der Waals surface area contributed by atoms with Crippen LogP contribution >= 0.6 is 34.5 Å². The predicted molar refractivity (Wildman–Crippen MR) is 69.4 cm³/mol. The van der Waals surface area contributed by atoms with Gasteiger partial charge in [-0.25, -0.2) is 4.98 Å². The lowest BCUT2D eigenvalue weighted by atomic mass is 10.3. The first-order valence-corrected chi connectivity index (χ1v) is 6.31. The summed E-state index contributed by atoms with van der Waals surface area (Å²) >= 11 is 13.5. The summed E-state index contributed by atoms with van der Waals surface area (Å²) in [6, 6.07) is 5.58. The second-order valence-electron chi connectivity index (χ2n) is 3.38. The van der Waals surface area contributed by atoms with Crippen molar-refractivity contribution in [2.75, 3.05) is 0 Å². The Bertz CT molecular complexity index is 604. The molecular weight excluding hydrogens is 263 g/mol. The van der Waals surface area contributed by atoms with Crippen LogP contribution in [0, 0.1) is 0 Å². The number of aromatic amines is 1. The molecule has 0 bridgehead atoms. The highest BCUT2D eigenvalue weighted by Crippen LogP contribution is 2.29. The quantitative estimate of drug-likeness (QED) is 0.687. The molecule has 2 aromatic heterocycles. The lowest BCUT2D eigenvalue weighted by molar-refractivity contribution is 1.35. The first-order valence-electron chi connectivity index (χ1n) is 4.61. The molecule has 3 rings (SSSR count). The summed E-state index contributed by atoms with van der Waals surface area (Å²) in [6.07, 6.45) is 0. The zero-order chi connectivity index (χ0) is 11.1. The van der Waals surface area contributed by atoms with E-state index in [4.69, 9.17) is 23.2 Å². The van der Waals surface area contributed by atoms with Crippen LogP contribution in [0.4, 0.5) is 0 Å². The second-order valence-corrected chi connectivity index (χ2v) is 4.98. The number of nitrogens with one attached hydrogen (secondary N) is 1. The van der Waals surface area contributed by atoms with Gasteiger partial charge in [-0.3, -0.25) is 0 Å². The molecule has 0 aliphatic carbocycles. The van der Waals surface area contributed by atoms with E-state index in [1.54, 1.807) is 23.5 Å². The van der Waals surface area contributed by atoms with E-state index in [0.29, 0.717) is 10.0 Å². The van der Waals surface area contributed by atoms with E-state index in [9.17, 15) is 0 Å². The van der Waals surface area contributed by atoms with Gasteiger partial charge in [0.25, 0.3) is 0 Å². The molecule has 0 atom stereocenters.